The summed E-state index contributed by atoms with van der Waals surface area (Å²) in [7, 11) is 0. The number of aryl methyl sites for hydroxylation is 1. The minimum atomic E-state index is 0.00570. The van der Waals surface area contributed by atoms with Crippen LogP contribution in [0.3, 0.4) is 0 Å². The first-order valence-corrected chi connectivity index (χ1v) is 7.72. The van der Waals surface area contributed by atoms with E-state index in [9.17, 15) is 9.59 Å². The highest BCUT2D eigenvalue weighted by Gasteiger charge is 2.42. The van der Waals surface area contributed by atoms with Crippen LogP contribution in [0.4, 0.5) is 0 Å². The maximum Gasteiger partial charge on any atom is 0.263 e. The predicted molar refractivity (Wildman–Crippen MR) is 78.7 cm³/mol. The van der Waals surface area contributed by atoms with Crippen LogP contribution in [0.2, 0.25) is 0 Å². The number of likely N-dealkylation sites (tertiary alicyclic amines) is 2. The normalized spacial score (nSPS) is 24.9. The Labute approximate surface area is 122 Å². The SMILES string of the molecule is C=CC(=O)N1CC2CN(C(=O)c3cc(C)cs3)CC2C1. The quantitative estimate of drug-likeness (QED) is 0.779. The van der Waals surface area contributed by atoms with Crippen LogP contribution >= 0.6 is 11.3 Å². The molecule has 3 heterocycles. The molecule has 1 aromatic rings. The van der Waals surface area contributed by atoms with Gasteiger partial charge in [0.15, 0.2) is 0 Å². The van der Waals surface area contributed by atoms with Crippen molar-refractivity contribution < 1.29 is 9.59 Å². The van der Waals surface area contributed by atoms with E-state index in [1.807, 2.05) is 28.2 Å². The molecule has 0 aliphatic carbocycles. The molecule has 5 heteroatoms. The molecule has 0 spiro atoms. The van der Waals surface area contributed by atoms with Crippen LogP contribution in [-0.2, 0) is 4.79 Å². The topological polar surface area (TPSA) is 40.6 Å². The first kappa shape index (κ1) is 13.4. The van der Waals surface area contributed by atoms with Crippen LogP contribution in [0, 0.1) is 18.8 Å². The van der Waals surface area contributed by atoms with Gasteiger partial charge >= 0.3 is 0 Å². The third-order valence-corrected chi connectivity index (χ3v) is 5.24. The molecule has 0 aromatic carbocycles. The Morgan fingerprint density at radius 2 is 1.85 bits per heavy atom. The summed E-state index contributed by atoms with van der Waals surface area (Å²) < 4.78 is 0. The van der Waals surface area contributed by atoms with Gasteiger partial charge in [0.1, 0.15) is 0 Å². The zero-order valence-electron chi connectivity index (χ0n) is 11.5. The Hall–Kier alpha value is -1.62. The van der Waals surface area contributed by atoms with Gasteiger partial charge < -0.3 is 9.80 Å². The highest BCUT2D eigenvalue weighted by Crippen LogP contribution is 2.32. The Balaban J connectivity index is 1.64. The highest BCUT2D eigenvalue weighted by molar-refractivity contribution is 7.12. The predicted octanol–water partition coefficient (Wildman–Crippen LogP) is 1.77. The molecule has 1 aromatic heterocycles. The number of thiophene rings is 1. The second-order valence-electron chi connectivity index (χ2n) is 5.67. The van der Waals surface area contributed by atoms with Gasteiger partial charge in [0.2, 0.25) is 5.91 Å². The number of fused-ring (bicyclic) bond motifs is 1. The lowest BCUT2D eigenvalue weighted by Crippen LogP contribution is -2.34. The third-order valence-electron chi connectivity index (χ3n) is 4.20. The summed E-state index contributed by atoms with van der Waals surface area (Å²) in [5, 5.41) is 2.01. The molecule has 0 N–H and O–H groups in total. The van der Waals surface area contributed by atoms with Crippen molar-refractivity contribution in [1.82, 2.24) is 9.80 Å². The van der Waals surface area contributed by atoms with Crippen molar-refractivity contribution in [2.75, 3.05) is 26.2 Å². The summed E-state index contributed by atoms with van der Waals surface area (Å²) in [5.41, 5.74) is 1.14. The Bertz CT molecular complexity index is 552. The fraction of sp³-hybridized carbons (Fsp3) is 0.467. The van der Waals surface area contributed by atoms with Crippen LogP contribution < -0.4 is 0 Å². The lowest BCUT2D eigenvalue weighted by molar-refractivity contribution is -0.125. The third kappa shape index (κ3) is 2.26. The van der Waals surface area contributed by atoms with Crippen molar-refractivity contribution in [3.63, 3.8) is 0 Å². The van der Waals surface area contributed by atoms with Crippen molar-refractivity contribution in [2.45, 2.75) is 6.92 Å². The summed E-state index contributed by atoms with van der Waals surface area (Å²) in [6.07, 6.45) is 1.37. The van der Waals surface area contributed by atoms with Gasteiger partial charge in [-0.2, -0.15) is 0 Å². The largest absolute Gasteiger partial charge is 0.338 e. The fourth-order valence-electron chi connectivity index (χ4n) is 3.17. The average Bonchev–Trinajstić information content (AvgIpc) is 3.10. The van der Waals surface area contributed by atoms with Crippen LogP contribution in [0.15, 0.2) is 24.1 Å². The summed E-state index contributed by atoms with van der Waals surface area (Å²) in [6, 6.07) is 1.95. The van der Waals surface area contributed by atoms with Crippen molar-refractivity contribution in [1.29, 1.82) is 0 Å². The van der Waals surface area contributed by atoms with Crippen LogP contribution in [0.25, 0.3) is 0 Å². The molecule has 0 saturated carbocycles. The van der Waals surface area contributed by atoms with E-state index in [0.29, 0.717) is 11.8 Å². The smallest absolute Gasteiger partial charge is 0.263 e. The van der Waals surface area contributed by atoms with E-state index in [0.717, 1.165) is 36.6 Å². The highest BCUT2D eigenvalue weighted by atomic mass is 32.1. The summed E-state index contributed by atoms with van der Waals surface area (Å²) in [6.45, 7) is 8.57. The van der Waals surface area contributed by atoms with Gasteiger partial charge in [0.05, 0.1) is 4.88 Å². The number of nitrogens with zero attached hydrogens (tertiary/aromatic N) is 2. The summed E-state index contributed by atoms with van der Waals surface area (Å²) in [4.78, 5) is 28.6. The molecule has 2 fully saturated rings. The second-order valence-corrected chi connectivity index (χ2v) is 6.58. The van der Waals surface area contributed by atoms with Crippen molar-refractivity contribution in [3.05, 3.63) is 34.5 Å². The first-order chi connectivity index (χ1) is 9.58. The Morgan fingerprint density at radius 1 is 1.25 bits per heavy atom. The molecule has 0 radical (unpaired) electrons. The maximum atomic E-state index is 12.4. The monoisotopic (exact) mass is 290 g/mol. The summed E-state index contributed by atoms with van der Waals surface area (Å²) in [5.74, 6) is 0.984. The van der Waals surface area contributed by atoms with E-state index in [-0.39, 0.29) is 11.8 Å². The molecule has 4 nitrogen and oxygen atoms in total. The van der Waals surface area contributed by atoms with Crippen LogP contribution in [0.5, 0.6) is 0 Å². The van der Waals surface area contributed by atoms with E-state index in [2.05, 4.69) is 6.58 Å². The lowest BCUT2D eigenvalue weighted by Gasteiger charge is -2.20. The standard InChI is InChI=1S/C15H18N2O2S/c1-3-14(18)16-5-11-7-17(8-12(11)6-16)15(19)13-4-10(2)9-20-13/h3-4,9,11-12H,1,5-8H2,2H3. The fourth-order valence-corrected chi connectivity index (χ4v) is 4.03. The molecular weight excluding hydrogens is 272 g/mol. The zero-order valence-corrected chi connectivity index (χ0v) is 12.4. The Morgan fingerprint density at radius 3 is 2.35 bits per heavy atom. The average molecular weight is 290 g/mol. The van der Waals surface area contributed by atoms with Gasteiger partial charge in [-0.1, -0.05) is 6.58 Å². The molecule has 20 heavy (non-hydrogen) atoms. The van der Waals surface area contributed by atoms with Gasteiger partial charge in [-0.05, 0) is 30.0 Å². The van der Waals surface area contributed by atoms with Gasteiger partial charge in [0.25, 0.3) is 5.91 Å². The second kappa shape index (κ2) is 5.05. The number of rotatable bonds is 2. The Kier molecular flexibility index (Phi) is 3.38. The van der Waals surface area contributed by atoms with Crippen LogP contribution in [0.1, 0.15) is 15.2 Å². The molecule has 106 valence electrons. The van der Waals surface area contributed by atoms with Gasteiger partial charge in [-0.25, -0.2) is 0 Å². The van der Waals surface area contributed by atoms with E-state index < -0.39 is 0 Å². The molecule has 3 rings (SSSR count). The molecule has 2 aliphatic rings. The zero-order chi connectivity index (χ0) is 14.3. The van der Waals surface area contributed by atoms with Gasteiger partial charge in [-0.3, -0.25) is 9.59 Å². The molecule has 2 unspecified atom stereocenters. The number of hydrogen-bond acceptors (Lipinski definition) is 3. The number of amides is 2. The number of hydrogen-bond donors (Lipinski definition) is 0. The number of carbonyl (C=O) groups excluding carboxylic acids is 2. The molecule has 2 aliphatic heterocycles. The van der Waals surface area contributed by atoms with Gasteiger partial charge in [0, 0.05) is 38.0 Å². The van der Waals surface area contributed by atoms with E-state index in [4.69, 9.17) is 0 Å². The van der Waals surface area contributed by atoms with E-state index >= 15 is 0 Å². The number of carbonyl (C=O) groups is 2. The van der Waals surface area contributed by atoms with E-state index in [1.54, 1.807) is 0 Å². The van der Waals surface area contributed by atoms with Crippen molar-refractivity contribution in [2.24, 2.45) is 11.8 Å². The molecule has 2 amide bonds. The van der Waals surface area contributed by atoms with E-state index in [1.165, 1.54) is 17.4 Å². The molecular formula is C15H18N2O2S. The minimum Gasteiger partial charge on any atom is -0.338 e. The maximum absolute atomic E-state index is 12.4. The minimum absolute atomic E-state index is 0.00570. The van der Waals surface area contributed by atoms with Gasteiger partial charge in [-0.15, -0.1) is 11.3 Å². The van der Waals surface area contributed by atoms with Crippen molar-refractivity contribution in [3.8, 4) is 0 Å². The first-order valence-electron chi connectivity index (χ1n) is 6.84. The molecule has 2 atom stereocenters. The molecule has 0 bridgehead atoms. The molecule has 2 saturated heterocycles. The van der Waals surface area contributed by atoms with Crippen molar-refractivity contribution >= 4 is 23.2 Å². The lowest BCUT2D eigenvalue weighted by atomic mass is 10.0. The van der Waals surface area contributed by atoms with Crippen LogP contribution in [-0.4, -0.2) is 47.8 Å². The summed E-state index contributed by atoms with van der Waals surface area (Å²) >= 11 is 1.51.